The highest BCUT2D eigenvalue weighted by atomic mass is 19.4. The molecular weight excluding hydrogens is 391 g/mol. The average molecular weight is 411 g/mol. The van der Waals surface area contributed by atoms with Gasteiger partial charge in [0.25, 0.3) is 5.91 Å². The smallest absolute Gasteiger partial charge is 0.353 e. The fourth-order valence-electron chi connectivity index (χ4n) is 4.55. The summed E-state index contributed by atoms with van der Waals surface area (Å²) in [6.45, 7) is 2.47. The third-order valence-electron chi connectivity index (χ3n) is 5.70. The van der Waals surface area contributed by atoms with Crippen LogP contribution in [0, 0.1) is 0 Å². The number of hydrogen-bond donors (Lipinski definition) is 1. The first-order valence-electron chi connectivity index (χ1n) is 9.37. The van der Waals surface area contributed by atoms with Crippen LogP contribution in [0.5, 0.6) is 0 Å². The van der Waals surface area contributed by atoms with Gasteiger partial charge in [-0.3, -0.25) is 14.4 Å². The van der Waals surface area contributed by atoms with E-state index < -0.39 is 35.3 Å². The summed E-state index contributed by atoms with van der Waals surface area (Å²) in [7, 11) is 0. The number of likely N-dealkylation sites (tertiary alicyclic amines) is 1. The highest BCUT2D eigenvalue weighted by molar-refractivity contribution is 5.98. The quantitative estimate of drug-likeness (QED) is 0.810. The predicted molar refractivity (Wildman–Crippen MR) is 94.8 cm³/mol. The molecule has 10 heteroatoms. The normalized spacial score (nSPS) is 26.3. The lowest BCUT2D eigenvalue weighted by Gasteiger charge is -2.42. The van der Waals surface area contributed by atoms with Gasteiger partial charge in [0.1, 0.15) is 0 Å². The summed E-state index contributed by atoms with van der Waals surface area (Å²) in [6.07, 6.45) is -3.46. The predicted octanol–water partition coefficient (Wildman–Crippen LogP) is 2.23. The zero-order chi connectivity index (χ0) is 21.0. The van der Waals surface area contributed by atoms with Gasteiger partial charge in [0.2, 0.25) is 11.8 Å². The number of ether oxygens (including phenoxy) is 1. The number of benzene rings is 1. The van der Waals surface area contributed by atoms with Crippen LogP contribution in [-0.4, -0.2) is 59.0 Å². The van der Waals surface area contributed by atoms with Crippen LogP contribution in [0.25, 0.3) is 0 Å². The van der Waals surface area contributed by atoms with Gasteiger partial charge in [-0.1, -0.05) is 0 Å². The minimum atomic E-state index is -4.68. The molecule has 1 aromatic carbocycles. The van der Waals surface area contributed by atoms with E-state index in [-0.39, 0.29) is 30.1 Å². The Morgan fingerprint density at radius 2 is 2.00 bits per heavy atom. The van der Waals surface area contributed by atoms with Gasteiger partial charge in [-0.05, 0) is 24.6 Å². The Hall–Kier alpha value is -2.62. The molecule has 0 radical (unpaired) electrons. The van der Waals surface area contributed by atoms with Gasteiger partial charge >= 0.3 is 6.18 Å². The fraction of sp³-hybridized carbons (Fsp3) is 0.526. The second kappa shape index (κ2) is 6.72. The largest absolute Gasteiger partial charge is 0.416 e. The molecule has 0 bridgehead atoms. The third kappa shape index (κ3) is 3.25. The molecule has 0 aromatic heterocycles. The summed E-state index contributed by atoms with van der Waals surface area (Å²) in [4.78, 5) is 39.9. The molecule has 3 amide bonds. The number of amides is 3. The van der Waals surface area contributed by atoms with Crippen molar-refractivity contribution in [1.29, 1.82) is 0 Å². The van der Waals surface area contributed by atoms with Crippen LogP contribution in [0.1, 0.15) is 42.1 Å². The van der Waals surface area contributed by atoms with E-state index in [0.717, 1.165) is 12.1 Å². The molecular formula is C19H20F3N3O4. The summed E-state index contributed by atoms with van der Waals surface area (Å²) >= 11 is 0. The van der Waals surface area contributed by atoms with Crippen LogP contribution in [0.4, 0.5) is 18.9 Å². The highest BCUT2D eigenvalue weighted by Gasteiger charge is 2.61. The first-order valence-corrected chi connectivity index (χ1v) is 9.37. The SMILES string of the molecule is CC(=O)Nc1cc(C(=O)N2CC[C@@]34OCCCN3C(=O)C[C@@H]24)cc(C(F)(F)F)c1. The molecule has 4 rings (SSSR count). The van der Waals surface area contributed by atoms with Crippen molar-refractivity contribution in [3.8, 4) is 0 Å². The van der Waals surface area contributed by atoms with Crippen LogP contribution < -0.4 is 5.32 Å². The van der Waals surface area contributed by atoms with E-state index in [2.05, 4.69) is 5.32 Å². The molecule has 1 spiro atoms. The Morgan fingerprint density at radius 1 is 1.24 bits per heavy atom. The van der Waals surface area contributed by atoms with Crippen LogP contribution in [0.3, 0.4) is 0 Å². The zero-order valence-electron chi connectivity index (χ0n) is 15.7. The van der Waals surface area contributed by atoms with E-state index in [9.17, 15) is 27.6 Å². The maximum atomic E-state index is 13.3. The lowest BCUT2D eigenvalue weighted by atomic mass is 10.0. The van der Waals surface area contributed by atoms with Crippen molar-refractivity contribution >= 4 is 23.4 Å². The third-order valence-corrected chi connectivity index (χ3v) is 5.70. The van der Waals surface area contributed by atoms with Crippen molar-refractivity contribution in [2.45, 2.75) is 44.1 Å². The minimum Gasteiger partial charge on any atom is -0.353 e. The van der Waals surface area contributed by atoms with Gasteiger partial charge in [-0.2, -0.15) is 13.2 Å². The van der Waals surface area contributed by atoms with Crippen LogP contribution in [0.15, 0.2) is 18.2 Å². The second-order valence-electron chi connectivity index (χ2n) is 7.54. The molecule has 7 nitrogen and oxygen atoms in total. The molecule has 2 atom stereocenters. The fourth-order valence-corrected chi connectivity index (χ4v) is 4.55. The Balaban J connectivity index is 1.68. The zero-order valence-corrected chi connectivity index (χ0v) is 15.7. The molecule has 3 aliphatic heterocycles. The van der Waals surface area contributed by atoms with Gasteiger partial charge < -0.3 is 19.9 Å². The number of anilines is 1. The standard InChI is InChI=1S/C19H20F3N3O4/c1-11(26)23-14-8-12(7-13(9-14)19(20,21)22)17(28)24-5-3-18-15(24)10-16(27)25(18)4-2-6-29-18/h7-9,15H,2-6,10H2,1H3,(H,23,26)/t15-,18+/m1/s1. The van der Waals surface area contributed by atoms with E-state index in [0.29, 0.717) is 26.0 Å². The van der Waals surface area contributed by atoms with Crippen molar-refractivity contribution in [3.05, 3.63) is 29.3 Å². The van der Waals surface area contributed by atoms with Crippen molar-refractivity contribution in [3.63, 3.8) is 0 Å². The molecule has 0 saturated carbocycles. The van der Waals surface area contributed by atoms with Gasteiger partial charge in [-0.25, -0.2) is 0 Å². The van der Waals surface area contributed by atoms with Gasteiger partial charge in [0.05, 0.1) is 24.6 Å². The number of rotatable bonds is 2. The van der Waals surface area contributed by atoms with Gasteiger partial charge in [-0.15, -0.1) is 0 Å². The number of nitrogens with zero attached hydrogens (tertiary/aromatic N) is 2. The average Bonchev–Trinajstić information content (AvgIpc) is 3.12. The van der Waals surface area contributed by atoms with Crippen LogP contribution in [-0.2, 0) is 20.5 Å². The number of carbonyl (C=O) groups is 3. The van der Waals surface area contributed by atoms with Crippen LogP contribution >= 0.6 is 0 Å². The number of carbonyl (C=O) groups excluding carboxylic acids is 3. The lowest BCUT2D eigenvalue weighted by Crippen LogP contribution is -2.56. The molecule has 3 aliphatic rings. The maximum Gasteiger partial charge on any atom is 0.416 e. The van der Waals surface area contributed by atoms with E-state index in [1.165, 1.54) is 17.9 Å². The summed E-state index contributed by atoms with van der Waals surface area (Å²) < 4.78 is 45.8. The van der Waals surface area contributed by atoms with Crippen LogP contribution in [0.2, 0.25) is 0 Å². The molecule has 3 saturated heterocycles. The summed E-state index contributed by atoms with van der Waals surface area (Å²) in [5.41, 5.74) is -2.21. The van der Waals surface area contributed by atoms with Crippen molar-refractivity contribution in [2.75, 3.05) is 25.0 Å². The molecule has 3 fully saturated rings. The maximum absolute atomic E-state index is 13.3. The van der Waals surface area contributed by atoms with E-state index in [1.807, 2.05) is 0 Å². The summed E-state index contributed by atoms with van der Waals surface area (Å²) in [5, 5.41) is 2.30. The minimum absolute atomic E-state index is 0.0866. The summed E-state index contributed by atoms with van der Waals surface area (Å²) in [6, 6.07) is 2.24. The van der Waals surface area contributed by atoms with Gasteiger partial charge in [0.15, 0.2) is 5.72 Å². The van der Waals surface area contributed by atoms with Crippen molar-refractivity contribution in [1.82, 2.24) is 9.80 Å². The van der Waals surface area contributed by atoms with E-state index in [4.69, 9.17) is 4.74 Å². The Morgan fingerprint density at radius 3 is 2.69 bits per heavy atom. The van der Waals surface area contributed by atoms with Crippen molar-refractivity contribution < 1.29 is 32.3 Å². The molecule has 0 aliphatic carbocycles. The highest BCUT2D eigenvalue weighted by Crippen LogP contribution is 2.45. The molecule has 3 heterocycles. The molecule has 29 heavy (non-hydrogen) atoms. The summed E-state index contributed by atoms with van der Waals surface area (Å²) in [5.74, 6) is -1.28. The molecule has 1 aromatic rings. The van der Waals surface area contributed by atoms with Gasteiger partial charge in [0, 0.05) is 37.7 Å². The Labute approximate surface area is 164 Å². The number of nitrogens with one attached hydrogen (secondary N) is 1. The Kier molecular flexibility index (Phi) is 4.56. The number of alkyl halides is 3. The molecule has 1 N–H and O–H groups in total. The lowest BCUT2D eigenvalue weighted by molar-refractivity contribution is -0.179. The molecule has 0 unspecified atom stereocenters. The first kappa shape index (κ1) is 19.7. The monoisotopic (exact) mass is 411 g/mol. The van der Waals surface area contributed by atoms with E-state index in [1.54, 1.807) is 4.90 Å². The first-order chi connectivity index (χ1) is 13.6. The number of hydrogen-bond acceptors (Lipinski definition) is 4. The number of halogens is 3. The second-order valence-corrected chi connectivity index (χ2v) is 7.54. The Bertz CT molecular complexity index is 888. The molecule has 156 valence electrons. The topological polar surface area (TPSA) is 79.0 Å². The van der Waals surface area contributed by atoms with E-state index >= 15 is 0 Å². The van der Waals surface area contributed by atoms with Crippen molar-refractivity contribution in [2.24, 2.45) is 0 Å².